The lowest BCUT2D eigenvalue weighted by Crippen LogP contribution is -2.17. The van der Waals surface area contributed by atoms with Gasteiger partial charge in [0.2, 0.25) is 0 Å². The van der Waals surface area contributed by atoms with Crippen LogP contribution in [-0.2, 0) is 0 Å². The van der Waals surface area contributed by atoms with Crippen molar-refractivity contribution in [3.05, 3.63) is 45.4 Å². The van der Waals surface area contributed by atoms with Crippen LogP contribution >= 0.6 is 11.3 Å². The SMILES string of the molecule is CNC(c1cncc(F)c1)c1sc(C)nc1C. The third-order valence-electron chi connectivity index (χ3n) is 2.55. The average Bonchev–Trinajstić information content (AvgIpc) is 2.59. The Kier molecular flexibility index (Phi) is 3.49. The van der Waals surface area contributed by atoms with Gasteiger partial charge in [-0.15, -0.1) is 11.3 Å². The maximum absolute atomic E-state index is 13.2. The molecule has 0 radical (unpaired) electrons. The molecule has 0 saturated heterocycles. The number of aryl methyl sites for hydroxylation is 2. The van der Waals surface area contributed by atoms with Crippen LogP contribution in [0.3, 0.4) is 0 Å². The summed E-state index contributed by atoms with van der Waals surface area (Å²) >= 11 is 1.62. The molecule has 2 aromatic rings. The summed E-state index contributed by atoms with van der Waals surface area (Å²) in [5.74, 6) is -0.318. The van der Waals surface area contributed by atoms with E-state index in [2.05, 4.69) is 15.3 Å². The van der Waals surface area contributed by atoms with E-state index < -0.39 is 0 Å². The summed E-state index contributed by atoms with van der Waals surface area (Å²) in [5.41, 5.74) is 1.80. The Balaban J connectivity index is 2.43. The van der Waals surface area contributed by atoms with Crippen LogP contribution in [0.1, 0.15) is 27.2 Å². The fourth-order valence-corrected chi connectivity index (χ4v) is 2.92. The molecule has 1 atom stereocenters. The topological polar surface area (TPSA) is 37.8 Å². The van der Waals surface area contributed by atoms with Gasteiger partial charge in [-0.3, -0.25) is 4.98 Å². The third kappa shape index (κ3) is 2.50. The smallest absolute Gasteiger partial charge is 0.141 e. The zero-order valence-corrected chi connectivity index (χ0v) is 10.8. The molecule has 17 heavy (non-hydrogen) atoms. The molecule has 2 rings (SSSR count). The molecule has 1 N–H and O–H groups in total. The molecule has 0 saturated carbocycles. The second-order valence-corrected chi connectivity index (χ2v) is 5.08. The lowest BCUT2D eigenvalue weighted by Gasteiger charge is -2.15. The van der Waals surface area contributed by atoms with E-state index in [1.54, 1.807) is 17.5 Å². The van der Waals surface area contributed by atoms with E-state index >= 15 is 0 Å². The van der Waals surface area contributed by atoms with Crippen LogP contribution in [0.25, 0.3) is 0 Å². The number of halogens is 1. The van der Waals surface area contributed by atoms with Gasteiger partial charge >= 0.3 is 0 Å². The Morgan fingerprint density at radius 1 is 1.35 bits per heavy atom. The highest BCUT2D eigenvalue weighted by molar-refractivity contribution is 7.11. The quantitative estimate of drug-likeness (QED) is 0.911. The summed E-state index contributed by atoms with van der Waals surface area (Å²) in [6.45, 7) is 3.94. The second kappa shape index (κ2) is 4.89. The van der Waals surface area contributed by atoms with Crippen molar-refractivity contribution < 1.29 is 4.39 Å². The minimum Gasteiger partial charge on any atom is -0.309 e. The summed E-state index contributed by atoms with van der Waals surface area (Å²) in [6.07, 6.45) is 2.89. The molecule has 0 aliphatic heterocycles. The monoisotopic (exact) mass is 251 g/mol. The van der Waals surface area contributed by atoms with Gasteiger partial charge in [0.15, 0.2) is 0 Å². The van der Waals surface area contributed by atoms with Crippen molar-refractivity contribution in [1.82, 2.24) is 15.3 Å². The number of rotatable bonds is 3. The minimum atomic E-state index is -0.318. The number of nitrogens with one attached hydrogen (secondary N) is 1. The summed E-state index contributed by atoms with van der Waals surface area (Å²) in [5, 5.41) is 4.20. The average molecular weight is 251 g/mol. The Morgan fingerprint density at radius 3 is 2.65 bits per heavy atom. The first kappa shape index (κ1) is 12.1. The molecule has 0 aliphatic carbocycles. The highest BCUT2D eigenvalue weighted by atomic mass is 32.1. The van der Waals surface area contributed by atoms with E-state index in [1.165, 1.54) is 12.3 Å². The molecule has 90 valence electrons. The molecule has 2 aromatic heterocycles. The molecule has 0 fully saturated rings. The zero-order valence-electron chi connectivity index (χ0n) is 9.99. The van der Waals surface area contributed by atoms with Crippen LogP contribution in [0.2, 0.25) is 0 Å². The van der Waals surface area contributed by atoms with E-state index in [0.717, 1.165) is 21.1 Å². The number of aromatic nitrogens is 2. The maximum Gasteiger partial charge on any atom is 0.141 e. The van der Waals surface area contributed by atoms with Crippen molar-refractivity contribution in [2.24, 2.45) is 0 Å². The van der Waals surface area contributed by atoms with Crippen LogP contribution in [0.15, 0.2) is 18.5 Å². The van der Waals surface area contributed by atoms with E-state index in [1.807, 2.05) is 20.9 Å². The van der Waals surface area contributed by atoms with E-state index in [9.17, 15) is 4.39 Å². The van der Waals surface area contributed by atoms with Crippen molar-refractivity contribution in [2.45, 2.75) is 19.9 Å². The molecule has 0 aliphatic rings. The van der Waals surface area contributed by atoms with Gasteiger partial charge in [0.25, 0.3) is 0 Å². The number of thiazole rings is 1. The number of hydrogen-bond acceptors (Lipinski definition) is 4. The van der Waals surface area contributed by atoms with Crippen molar-refractivity contribution in [3.8, 4) is 0 Å². The summed E-state index contributed by atoms with van der Waals surface area (Å²) in [7, 11) is 1.85. The molecule has 0 amide bonds. The van der Waals surface area contributed by atoms with Crippen molar-refractivity contribution >= 4 is 11.3 Å². The van der Waals surface area contributed by atoms with Crippen LogP contribution < -0.4 is 5.32 Å². The van der Waals surface area contributed by atoms with Crippen molar-refractivity contribution in [2.75, 3.05) is 7.05 Å². The molecule has 2 heterocycles. The Hall–Kier alpha value is -1.33. The third-order valence-corrected chi connectivity index (χ3v) is 3.69. The van der Waals surface area contributed by atoms with Gasteiger partial charge in [0.1, 0.15) is 5.82 Å². The lowest BCUT2D eigenvalue weighted by atomic mass is 10.1. The Bertz CT molecular complexity index is 524. The van der Waals surface area contributed by atoms with Crippen molar-refractivity contribution in [3.63, 3.8) is 0 Å². The molecule has 1 unspecified atom stereocenters. The predicted molar refractivity (Wildman–Crippen MR) is 66.7 cm³/mol. The lowest BCUT2D eigenvalue weighted by molar-refractivity contribution is 0.609. The first-order chi connectivity index (χ1) is 8.11. The largest absolute Gasteiger partial charge is 0.309 e. The molecule has 0 aromatic carbocycles. The number of nitrogens with zero attached hydrogens (tertiary/aromatic N) is 2. The van der Waals surface area contributed by atoms with Gasteiger partial charge in [-0.05, 0) is 32.5 Å². The highest BCUT2D eigenvalue weighted by Gasteiger charge is 2.18. The van der Waals surface area contributed by atoms with Crippen LogP contribution in [-0.4, -0.2) is 17.0 Å². The zero-order chi connectivity index (χ0) is 12.4. The minimum absolute atomic E-state index is 0.0515. The fourth-order valence-electron chi connectivity index (χ4n) is 1.85. The molecule has 5 heteroatoms. The van der Waals surface area contributed by atoms with Gasteiger partial charge in [0, 0.05) is 11.1 Å². The van der Waals surface area contributed by atoms with E-state index in [-0.39, 0.29) is 11.9 Å². The fraction of sp³-hybridized carbons (Fsp3) is 0.333. The van der Waals surface area contributed by atoms with Crippen LogP contribution in [0, 0.1) is 19.7 Å². The van der Waals surface area contributed by atoms with Crippen LogP contribution in [0.5, 0.6) is 0 Å². The standard InChI is InChI=1S/C12H14FN3S/c1-7-12(17-8(2)16-7)11(14-3)9-4-10(13)6-15-5-9/h4-6,11,14H,1-3H3. The van der Waals surface area contributed by atoms with E-state index in [4.69, 9.17) is 0 Å². The molecular formula is C12H14FN3S. The van der Waals surface area contributed by atoms with Crippen LogP contribution in [0.4, 0.5) is 4.39 Å². The van der Waals surface area contributed by atoms with Gasteiger partial charge in [-0.25, -0.2) is 9.37 Å². The normalized spacial score (nSPS) is 12.7. The number of hydrogen-bond donors (Lipinski definition) is 1. The maximum atomic E-state index is 13.2. The second-order valence-electron chi connectivity index (χ2n) is 3.84. The van der Waals surface area contributed by atoms with Gasteiger partial charge in [-0.1, -0.05) is 0 Å². The predicted octanol–water partition coefficient (Wildman–Crippen LogP) is 2.60. The van der Waals surface area contributed by atoms with E-state index in [0.29, 0.717) is 0 Å². The summed E-state index contributed by atoms with van der Waals surface area (Å²) < 4.78 is 13.2. The summed E-state index contributed by atoms with van der Waals surface area (Å²) in [4.78, 5) is 9.39. The number of pyridine rings is 1. The molecule has 3 nitrogen and oxygen atoms in total. The molecule has 0 spiro atoms. The Morgan fingerprint density at radius 2 is 2.12 bits per heavy atom. The van der Waals surface area contributed by atoms with Gasteiger partial charge < -0.3 is 5.32 Å². The van der Waals surface area contributed by atoms with Gasteiger partial charge in [-0.2, -0.15) is 0 Å². The first-order valence-corrected chi connectivity index (χ1v) is 6.15. The molecular weight excluding hydrogens is 237 g/mol. The van der Waals surface area contributed by atoms with Crippen molar-refractivity contribution in [1.29, 1.82) is 0 Å². The first-order valence-electron chi connectivity index (χ1n) is 5.33. The summed E-state index contributed by atoms with van der Waals surface area (Å²) in [6, 6.07) is 1.45. The molecule has 0 bridgehead atoms. The Labute approximate surface area is 104 Å². The highest BCUT2D eigenvalue weighted by Crippen LogP contribution is 2.29. The van der Waals surface area contributed by atoms with Gasteiger partial charge in [0.05, 0.1) is 22.9 Å².